The standard InChI is InChI=1S/C30H24IN3O6S/c1-3-23-26(29(36)39-2)27(20-7-5-4-6-8-20)33-28(35)25(41-30(33)32-23)16-19-11-14-24(22(31)15-19)40-17-18-9-12-21(13-10-18)34(37)38/h4-16,27H,3,17H2,1-2H3/b25-16-/t27-/m1/s1. The quantitative estimate of drug-likeness (QED) is 0.113. The highest BCUT2D eigenvalue weighted by Crippen LogP contribution is 2.31. The number of hydrogen-bond acceptors (Lipinski definition) is 8. The van der Waals surface area contributed by atoms with Crippen molar-refractivity contribution in [1.29, 1.82) is 0 Å². The molecule has 3 aromatic carbocycles. The molecule has 0 unspecified atom stereocenters. The molecule has 0 saturated carbocycles. The van der Waals surface area contributed by atoms with E-state index in [-0.39, 0.29) is 17.9 Å². The number of rotatable bonds is 8. The SMILES string of the molecule is CCC1=C(C(=O)OC)[C@@H](c2ccccc2)n2c(s/c(=C\c3ccc(OCc4ccc([N+](=O)[O-])cc4)c(I)c3)c2=O)=N1. The van der Waals surface area contributed by atoms with Crippen LogP contribution < -0.4 is 19.6 Å². The third-order valence-corrected chi connectivity index (χ3v) is 8.39. The average Bonchev–Trinajstić information content (AvgIpc) is 3.30. The number of halogens is 1. The highest BCUT2D eigenvalue weighted by molar-refractivity contribution is 14.1. The number of aromatic nitrogens is 1. The normalized spacial score (nSPS) is 14.8. The van der Waals surface area contributed by atoms with Crippen LogP contribution in [0.25, 0.3) is 6.08 Å². The molecule has 1 atom stereocenters. The molecule has 2 heterocycles. The number of ether oxygens (including phenoxy) is 2. The Morgan fingerprint density at radius 1 is 1.15 bits per heavy atom. The Labute approximate surface area is 252 Å². The number of non-ortho nitro benzene ring substituents is 1. The Kier molecular flexibility index (Phi) is 8.45. The number of hydrogen-bond donors (Lipinski definition) is 0. The molecular weight excluding hydrogens is 657 g/mol. The molecule has 5 rings (SSSR count). The van der Waals surface area contributed by atoms with Crippen molar-refractivity contribution in [1.82, 2.24) is 4.57 Å². The van der Waals surface area contributed by atoms with E-state index in [1.54, 1.807) is 16.7 Å². The number of nitro groups is 1. The van der Waals surface area contributed by atoms with Gasteiger partial charge in [0, 0.05) is 12.1 Å². The molecule has 0 bridgehead atoms. The van der Waals surface area contributed by atoms with Crippen molar-refractivity contribution < 1.29 is 19.2 Å². The second-order valence-electron chi connectivity index (χ2n) is 9.10. The molecule has 41 heavy (non-hydrogen) atoms. The molecule has 0 N–H and O–H groups in total. The van der Waals surface area contributed by atoms with E-state index >= 15 is 0 Å². The van der Waals surface area contributed by atoms with E-state index in [0.717, 1.165) is 20.3 Å². The highest BCUT2D eigenvalue weighted by Gasteiger charge is 2.33. The van der Waals surface area contributed by atoms with Gasteiger partial charge in [-0.05, 0) is 76.0 Å². The molecule has 11 heteroatoms. The molecule has 0 amide bonds. The van der Waals surface area contributed by atoms with Crippen LogP contribution in [0.15, 0.2) is 93.9 Å². The Morgan fingerprint density at radius 3 is 2.51 bits per heavy atom. The Hall–Kier alpha value is -4.10. The summed E-state index contributed by atoms with van der Waals surface area (Å²) in [6, 6.07) is 20.6. The van der Waals surface area contributed by atoms with E-state index in [4.69, 9.17) is 14.5 Å². The lowest BCUT2D eigenvalue weighted by atomic mass is 9.95. The molecule has 0 fully saturated rings. The number of benzene rings is 3. The Morgan fingerprint density at radius 2 is 1.88 bits per heavy atom. The molecule has 208 valence electrons. The number of nitrogens with zero attached hydrogens (tertiary/aromatic N) is 3. The van der Waals surface area contributed by atoms with Gasteiger partial charge in [-0.15, -0.1) is 0 Å². The topological polar surface area (TPSA) is 113 Å². The summed E-state index contributed by atoms with van der Waals surface area (Å²) in [5, 5.41) is 10.9. The number of methoxy groups -OCH3 is 1. The van der Waals surface area contributed by atoms with Gasteiger partial charge < -0.3 is 9.47 Å². The van der Waals surface area contributed by atoms with Gasteiger partial charge in [0.1, 0.15) is 12.4 Å². The number of fused-ring (bicyclic) bond motifs is 1. The van der Waals surface area contributed by atoms with Crippen LogP contribution in [0.2, 0.25) is 0 Å². The molecular formula is C30H24IN3O6S. The summed E-state index contributed by atoms with van der Waals surface area (Å²) in [7, 11) is 1.33. The van der Waals surface area contributed by atoms with E-state index < -0.39 is 16.9 Å². The average molecular weight is 682 g/mol. The maximum absolute atomic E-state index is 13.8. The third kappa shape index (κ3) is 5.86. The molecule has 0 aliphatic carbocycles. The van der Waals surface area contributed by atoms with Crippen molar-refractivity contribution in [2.24, 2.45) is 4.99 Å². The number of allylic oxidation sites excluding steroid dienone is 1. The molecule has 9 nitrogen and oxygen atoms in total. The predicted octanol–water partition coefficient (Wildman–Crippen LogP) is 4.89. The molecule has 1 aliphatic rings. The fourth-order valence-corrected chi connectivity index (χ4v) is 6.28. The van der Waals surface area contributed by atoms with Crippen LogP contribution in [0.5, 0.6) is 5.75 Å². The van der Waals surface area contributed by atoms with Gasteiger partial charge in [-0.25, -0.2) is 9.79 Å². The summed E-state index contributed by atoms with van der Waals surface area (Å²) in [5.74, 6) is 0.148. The predicted molar refractivity (Wildman–Crippen MR) is 163 cm³/mol. The van der Waals surface area contributed by atoms with Crippen molar-refractivity contribution in [2.45, 2.75) is 26.0 Å². The molecule has 1 aliphatic heterocycles. The van der Waals surface area contributed by atoms with E-state index in [9.17, 15) is 19.7 Å². The van der Waals surface area contributed by atoms with E-state index in [2.05, 4.69) is 22.6 Å². The summed E-state index contributed by atoms with van der Waals surface area (Å²) in [6.07, 6.45) is 2.32. The van der Waals surface area contributed by atoms with Gasteiger partial charge in [-0.1, -0.05) is 54.7 Å². The molecule has 0 spiro atoms. The van der Waals surface area contributed by atoms with E-state index in [0.29, 0.717) is 32.8 Å². The van der Waals surface area contributed by atoms with Gasteiger partial charge in [-0.2, -0.15) is 0 Å². The summed E-state index contributed by atoms with van der Waals surface area (Å²) < 4.78 is 13.9. The zero-order valence-electron chi connectivity index (χ0n) is 22.1. The third-order valence-electron chi connectivity index (χ3n) is 6.56. The first-order chi connectivity index (χ1) is 19.8. The molecule has 0 radical (unpaired) electrons. The van der Waals surface area contributed by atoms with Gasteiger partial charge in [0.15, 0.2) is 4.80 Å². The fraction of sp³-hybridized carbons (Fsp3) is 0.167. The zero-order valence-corrected chi connectivity index (χ0v) is 25.0. The smallest absolute Gasteiger partial charge is 0.338 e. The summed E-state index contributed by atoms with van der Waals surface area (Å²) >= 11 is 3.45. The number of esters is 1. The number of nitro benzene ring substituents is 1. The number of carbonyl (C=O) groups excluding carboxylic acids is 1. The largest absolute Gasteiger partial charge is 0.488 e. The Balaban J connectivity index is 1.48. The van der Waals surface area contributed by atoms with Crippen LogP contribution in [0.4, 0.5) is 5.69 Å². The summed E-state index contributed by atoms with van der Waals surface area (Å²) in [4.78, 5) is 42.3. The molecule has 4 aromatic rings. The van der Waals surface area contributed by atoms with Gasteiger partial charge in [0.25, 0.3) is 11.2 Å². The summed E-state index contributed by atoms with van der Waals surface area (Å²) in [6.45, 7) is 2.18. The van der Waals surface area contributed by atoms with Crippen LogP contribution in [0.3, 0.4) is 0 Å². The maximum Gasteiger partial charge on any atom is 0.338 e. The van der Waals surface area contributed by atoms with Gasteiger partial charge in [0.05, 0.1) is 37.4 Å². The Bertz CT molecular complexity index is 1850. The zero-order chi connectivity index (χ0) is 29.1. The van der Waals surface area contributed by atoms with Crippen molar-refractivity contribution in [3.8, 4) is 5.75 Å². The fourth-order valence-electron chi connectivity index (χ4n) is 4.57. The first kappa shape index (κ1) is 28.4. The van der Waals surface area contributed by atoms with Gasteiger partial charge in [0.2, 0.25) is 0 Å². The minimum atomic E-state index is -0.646. The van der Waals surface area contributed by atoms with E-state index in [1.165, 1.54) is 30.6 Å². The van der Waals surface area contributed by atoms with E-state index in [1.807, 2.05) is 61.5 Å². The lowest BCUT2D eigenvalue weighted by molar-refractivity contribution is -0.384. The molecule has 0 saturated heterocycles. The number of thiazole rings is 1. The first-order valence-corrected chi connectivity index (χ1v) is 14.5. The van der Waals surface area contributed by atoms with Crippen LogP contribution in [0, 0.1) is 13.7 Å². The lowest BCUT2D eigenvalue weighted by Crippen LogP contribution is -2.40. The molecule has 1 aromatic heterocycles. The van der Waals surface area contributed by atoms with Gasteiger partial charge >= 0.3 is 5.97 Å². The maximum atomic E-state index is 13.8. The van der Waals surface area contributed by atoms with Crippen LogP contribution in [-0.2, 0) is 16.1 Å². The van der Waals surface area contributed by atoms with Crippen molar-refractivity contribution in [2.75, 3.05) is 7.11 Å². The van der Waals surface area contributed by atoms with Crippen LogP contribution in [-0.4, -0.2) is 22.6 Å². The minimum Gasteiger partial charge on any atom is -0.488 e. The minimum absolute atomic E-state index is 0.0282. The second kappa shape index (κ2) is 12.2. The van der Waals surface area contributed by atoms with Crippen molar-refractivity contribution in [3.05, 3.63) is 134 Å². The summed E-state index contributed by atoms with van der Waals surface area (Å²) in [5.41, 5.74) is 3.16. The van der Waals surface area contributed by atoms with Crippen molar-refractivity contribution in [3.63, 3.8) is 0 Å². The van der Waals surface area contributed by atoms with Crippen molar-refractivity contribution >= 4 is 51.7 Å². The first-order valence-electron chi connectivity index (χ1n) is 12.6. The van der Waals surface area contributed by atoms with Gasteiger partial charge in [-0.3, -0.25) is 19.5 Å². The monoisotopic (exact) mass is 681 g/mol. The lowest BCUT2D eigenvalue weighted by Gasteiger charge is -2.25. The number of carbonyl (C=O) groups is 1. The van der Waals surface area contributed by atoms with Crippen LogP contribution >= 0.6 is 33.9 Å². The second-order valence-corrected chi connectivity index (χ2v) is 11.3. The van der Waals surface area contributed by atoms with Crippen LogP contribution in [0.1, 0.15) is 36.1 Å². The highest BCUT2D eigenvalue weighted by atomic mass is 127.